The van der Waals surface area contributed by atoms with Gasteiger partial charge in [-0.1, -0.05) is 12.1 Å². The average Bonchev–Trinajstić information content (AvgIpc) is 3.17. The van der Waals surface area contributed by atoms with Gasteiger partial charge in [-0.15, -0.1) is 0 Å². The third-order valence-electron chi connectivity index (χ3n) is 5.21. The molecule has 1 saturated heterocycles. The van der Waals surface area contributed by atoms with E-state index in [2.05, 4.69) is 10.3 Å². The summed E-state index contributed by atoms with van der Waals surface area (Å²) in [4.78, 5) is 20.4. The van der Waals surface area contributed by atoms with Crippen LogP contribution in [0.5, 0.6) is 11.5 Å². The molecule has 8 heteroatoms. The van der Waals surface area contributed by atoms with Crippen molar-refractivity contribution in [3.8, 4) is 11.5 Å². The number of aromatic nitrogens is 1. The highest BCUT2D eigenvalue weighted by molar-refractivity contribution is 5.76. The highest BCUT2D eigenvalue weighted by Crippen LogP contribution is 2.38. The largest absolute Gasteiger partial charge is 0.454 e. The van der Waals surface area contributed by atoms with Crippen LogP contribution in [0, 0.1) is 5.82 Å². The number of halogens is 1. The van der Waals surface area contributed by atoms with Gasteiger partial charge in [-0.05, 0) is 26.0 Å². The van der Waals surface area contributed by atoms with Crippen LogP contribution in [0.2, 0.25) is 0 Å². The van der Waals surface area contributed by atoms with Crippen molar-refractivity contribution in [3.63, 3.8) is 0 Å². The van der Waals surface area contributed by atoms with E-state index in [9.17, 15) is 9.18 Å². The van der Waals surface area contributed by atoms with Crippen molar-refractivity contribution in [2.75, 3.05) is 31.3 Å². The Morgan fingerprint density at radius 2 is 2.18 bits per heavy atom. The molecule has 4 rings (SSSR count). The zero-order chi connectivity index (χ0) is 19.7. The summed E-state index contributed by atoms with van der Waals surface area (Å²) in [6.07, 6.45) is 2.79. The smallest absolute Gasteiger partial charge is 0.318 e. The number of piperazine rings is 1. The summed E-state index contributed by atoms with van der Waals surface area (Å²) in [5.74, 6) is 1.03. The number of nitrogens with one attached hydrogen (secondary N) is 1. The number of fused-ring (bicyclic) bond motifs is 1. The number of hydrogen-bond donors (Lipinski definition) is 1. The molecule has 0 aliphatic carbocycles. The van der Waals surface area contributed by atoms with E-state index < -0.39 is 0 Å². The van der Waals surface area contributed by atoms with Gasteiger partial charge in [0.15, 0.2) is 17.3 Å². The van der Waals surface area contributed by atoms with E-state index >= 15 is 0 Å². The monoisotopic (exact) mass is 386 g/mol. The third kappa shape index (κ3) is 3.42. The summed E-state index contributed by atoms with van der Waals surface area (Å²) in [5.41, 5.74) is 1.40. The predicted octanol–water partition coefficient (Wildman–Crippen LogP) is 2.93. The summed E-state index contributed by atoms with van der Waals surface area (Å²) >= 11 is 0. The van der Waals surface area contributed by atoms with Crippen molar-refractivity contribution >= 4 is 11.7 Å². The maximum atomic E-state index is 14.0. The second kappa shape index (κ2) is 7.53. The molecule has 2 amide bonds. The lowest BCUT2D eigenvalue weighted by Crippen LogP contribution is -2.57. The summed E-state index contributed by atoms with van der Waals surface area (Å²) in [6, 6.07) is 6.88. The summed E-state index contributed by atoms with van der Waals surface area (Å²) < 4.78 is 25.0. The van der Waals surface area contributed by atoms with Crippen molar-refractivity contribution in [2.45, 2.75) is 25.9 Å². The molecule has 2 atom stereocenters. The number of para-hydroxylation sites is 1. The van der Waals surface area contributed by atoms with E-state index in [1.165, 1.54) is 6.20 Å². The maximum Gasteiger partial charge on any atom is 0.318 e. The van der Waals surface area contributed by atoms with Gasteiger partial charge in [0.25, 0.3) is 0 Å². The Kier molecular flexibility index (Phi) is 4.93. The quantitative estimate of drug-likeness (QED) is 0.879. The molecule has 1 unspecified atom stereocenters. The lowest BCUT2D eigenvalue weighted by atomic mass is 10.1. The van der Waals surface area contributed by atoms with Crippen LogP contribution in [0.3, 0.4) is 0 Å². The number of benzene rings is 1. The standard InChI is InChI=1S/C20H23FN4O3/c1-13-11-24(17-6-7-22-10-16(17)21)8-9-25(13)20(26)23-14(2)15-4-3-5-18-19(15)28-12-27-18/h3-7,10,13-14H,8-9,11-12H2,1-2H3,(H,23,26)/t13-,14?/m1/s1. The van der Waals surface area contributed by atoms with Crippen molar-refractivity contribution in [1.29, 1.82) is 0 Å². The highest BCUT2D eigenvalue weighted by Gasteiger charge is 2.30. The highest BCUT2D eigenvalue weighted by atomic mass is 19.1. The summed E-state index contributed by atoms with van der Waals surface area (Å²) in [5, 5.41) is 3.04. The van der Waals surface area contributed by atoms with Crippen molar-refractivity contribution in [3.05, 3.63) is 48.0 Å². The van der Waals surface area contributed by atoms with E-state index in [4.69, 9.17) is 9.47 Å². The lowest BCUT2D eigenvalue weighted by molar-refractivity contribution is 0.167. The minimum Gasteiger partial charge on any atom is -0.454 e. The number of pyridine rings is 1. The van der Waals surface area contributed by atoms with Crippen molar-refractivity contribution < 1.29 is 18.7 Å². The second-order valence-corrected chi connectivity index (χ2v) is 7.07. The zero-order valence-electron chi connectivity index (χ0n) is 15.9. The summed E-state index contributed by atoms with van der Waals surface area (Å²) in [6.45, 7) is 5.70. The maximum absolute atomic E-state index is 14.0. The number of carbonyl (C=O) groups is 1. The number of carbonyl (C=O) groups excluding carboxylic acids is 1. The fourth-order valence-corrected chi connectivity index (χ4v) is 3.74. The third-order valence-corrected chi connectivity index (χ3v) is 5.21. The van der Waals surface area contributed by atoms with Crippen molar-refractivity contribution in [2.24, 2.45) is 0 Å². The number of amides is 2. The number of ether oxygens (including phenoxy) is 2. The molecule has 2 aromatic rings. The molecular formula is C20H23FN4O3. The van der Waals surface area contributed by atoms with Crippen LogP contribution in [0.25, 0.3) is 0 Å². The van der Waals surface area contributed by atoms with Crippen LogP contribution in [-0.2, 0) is 0 Å². The topological polar surface area (TPSA) is 66.9 Å². The SMILES string of the molecule is CC(NC(=O)N1CCN(c2ccncc2F)C[C@H]1C)c1cccc2c1OCO2. The van der Waals surface area contributed by atoms with Gasteiger partial charge in [-0.25, -0.2) is 9.18 Å². The Morgan fingerprint density at radius 1 is 1.32 bits per heavy atom. The van der Waals surface area contributed by atoms with E-state index in [0.29, 0.717) is 36.8 Å². The zero-order valence-corrected chi connectivity index (χ0v) is 15.9. The first-order chi connectivity index (χ1) is 13.5. The van der Waals surface area contributed by atoms with Crippen LogP contribution in [0.4, 0.5) is 14.9 Å². The molecule has 28 heavy (non-hydrogen) atoms. The number of nitrogens with zero attached hydrogens (tertiary/aromatic N) is 3. The molecule has 7 nitrogen and oxygen atoms in total. The first kappa shape index (κ1) is 18.3. The van der Waals surface area contributed by atoms with Gasteiger partial charge in [-0.2, -0.15) is 0 Å². The van der Waals surface area contributed by atoms with Crippen LogP contribution >= 0.6 is 0 Å². The van der Waals surface area contributed by atoms with E-state index in [1.807, 2.05) is 36.9 Å². The van der Waals surface area contributed by atoms with E-state index in [0.717, 1.165) is 5.56 Å². The molecule has 0 bridgehead atoms. The predicted molar refractivity (Wildman–Crippen MR) is 102 cm³/mol. The van der Waals surface area contributed by atoms with Crippen LogP contribution in [-0.4, -0.2) is 48.4 Å². The molecular weight excluding hydrogens is 363 g/mol. The Hall–Kier alpha value is -3.03. The van der Waals surface area contributed by atoms with Gasteiger partial charge in [0.05, 0.1) is 17.9 Å². The Labute approximate surface area is 163 Å². The molecule has 3 heterocycles. The fraction of sp³-hybridized carbons (Fsp3) is 0.400. The molecule has 148 valence electrons. The first-order valence-electron chi connectivity index (χ1n) is 9.34. The van der Waals surface area contributed by atoms with Crippen LogP contribution < -0.4 is 19.7 Å². The number of rotatable bonds is 3. The van der Waals surface area contributed by atoms with Crippen LogP contribution in [0.1, 0.15) is 25.5 Å². The second-order valence-electron chi connectivity index (χ2n) is 7.07. The number of urea groups is 1. The molecule has 1 aromatic carbocycles. The van der Waals surface area contributed by atoms with Gasteiger partial charge in [0, 0.05) is 37.4 Å². The molecule has 1 aromatic heterocycles. The molecule has 1 fully saturated rings. The van der Waals surface area contributed by atoms with E-state index in [1.54, 1.807) is 17.2 Å². The Morgan fingerprint density at radius 3 is 2.96 bits per heavy atom. The van der Waals surface area contributed by atoms with Gasteiger partial charge < -0.3 is 24.6 Å². The van der Waals surface area contributed by atoms with Gasteiger partial charge >= 0.3 is 6.03 Å². The molecule has 2 aliphatic heterocycles. The van der Waals surface area contributed by atoms with Gasteiger partial charge in [-0.3, -0.25) is 4.98 Å². The van der Waals surface area contributed by atoms with Crippen LogP contribution in [0.15, 0.2) is 36.7 Å². The van der Waals surface area contributed by atoms with E-state index in [-0.39, 0.29) is 30.7 Å². The molecule has 0 radical (unpaired) electrons. The van der Waals surface area contributed by atoms with Gasteiger partial charge in [0.2, 0.25) is 6.79 Å². The fourth-order valence-electron chi connectivity index (χ4n) is 3.74. The molecule has 0 spiro atoms. The number of hydrogen-bond acceptors (Lipinski definition) is 5. The molecule has 1 N–H and O–H groups in total. The average molecular weight is 386 g/mol. The van der Waals surface area contributed by atoms with Gasteiger partial charge in [0.1, 0.15) is 0 Å². The minimum atomic E-state index is -0.346. The summed E-state index contributed by atoms with van der Waals surface area (Å²) in [7, 11) is 0. The first-order valence-corrected chi connectivity index (χ1v) is 9.34. The lowest BCUT2D eigenvalue weighted by Gasteiger charge is -2.41. The Balaban J connectivity index is 1.41. The Bertz CT molecular complexity index is 878. The normalized spacial score (nSPS) is 19.5. The minimum absolute atomic E-state index is 0.0606. The molecule has 0 saturated carbocycles. The number of anilines is 1. The molecule has 2 aliphatic rings. The van der Waals surface area contributed by atoms with Crippen molar-refractivity contribution in [1.82, 2.24) is 15.2 Å².